The highest BCUT2D eigenvalue weighted by molar-refractivity contribution is 9.10. The molecule has 1 N–H and O–H groups in total. The van der Waals surface area contributed by atoms with Crippen molar-refractivity contribution in [2.45, 2.75) is 0 Å². The molecule has 146 valence electrons. The highest BCUT2D eigenvalue weighted by Gasteiger charge is 2.19. The molecule has 1 amide bonds. The SMILES string of the molecule is O=C(COC(=O)c1ccc2c(c1)OCCO2)Nc1cc2c(cc1Br)OCCO2. The van der Waals surface area contributed by atoms with Crippen LogP contribution in [0.2, 0.25) is 0 Å². The Morgan fingerprint density at radius 2 is 1.50 bits per heavy atom. The molecule has 0 aromatic heterocycles. The number of ether oxygens (including phenoxy) is 5. The highest BCUT2D eigenvalue weighted by Crippen LogP contribution is 2.38. The van der Waals surface area contributed by atoms with Gasteiger partial charge in [0.25, 0.3) is 5.91 Å². The summed E-state index contributed by atoms with van der Waals surface area (Å²) in [6.45, 7) is 1.36. The molecule has 0 saturated carbocycles. The van der Waals surface area contributed by atoms with Gasteiger partial charge in [0.2, 0.25) is 0 Å². The van der Waals surface area contributed by atoms with Crippen LogP contribution >= 0.6 is 15.9 Å². The van der Waals surface area contributed by atoms with E-state index < -0.39 is 18.5 Å². The van der Waals surface area contributed by atoms with Gasteiger partial charge >= 0.3 is 5.97 Å². The first-order valence-electron chi connectivity index (χ1n) is 8.56. The van der Waals surface area contributed by atoms with Crippen molar-refractivity contribution in [1.29, 1.82) is 0 Å². The van der Waals surface area contributed by atoms with Gasteiger partial charge < -0.3 is 29.0 Å². The van der Waals surface area contributed by atoms with Crippen LogP contribution in [-0.2, 0) is 9.53 Å². The molecule has 9 heteroatoms. The third-order valence-corrected chi connectivity index (χ3v) is 4.67. The fraction of sp³-hybridized carbons (Fsp3) is 0.263. The monoisotopic (exact) mass is 449 g/mol. The van der Waals surface area contributed by atoms with E-state index in [-0.39, 0.29) is 5.56 Å². The van der Waals surface area contributed by atoms with E-state index in [1.165, 1.54) is 6.07 Å². The maximum Gasteiger partial charge on any atom is 0.338 e. The molecule has 0 spiro atoms. The average Bonchev–Trinajstić information content (AvgIpc) is 2.72. The molecule has 8 nitrogen and oxygen atoms in total. The molecule has 4 rings (SSSR count). The molecule has 0 atom stereocenters. The zero-order chi connectivity index (χ0) is 19.5. The number of anilines is 1. The number of halogens is 1. The van der Waals surface area contributed by atoms with Crippen LogP contribution in [0.5, 0.6) is 23.0 Å². The van der Waals surface area contributed by atoms with Crippen molar-refractivity contribution in [1.82, 2.24) is 0 Å². The summed E-state index contributed by atoms with van der Waals surface area (Å²) < 4.78 is 27.5. The van der Waals surface area contributed by atoms with Crippen molar-refractivity contribution < 1.29 is 33.3 Å². The molecule has 0 bridgehead atoms. The lowest BCUT2D eigenvalue weighted by atomic mass is 10.2. The van der Waals surface area contributed by atoms with Gasteiger partial charge in [0.15, 0.2) is 29.6 Å². The van der Waals surface area contributed by atoms with Crippen molar-refractivity contribution in [2.24, 2.45) is 0 Å². The van der Waals surface area contributed by atoms with E-state index in [0.717, 1.165) is 0 Å². The van der Waals surface area contributed by atoms with E-state index in [0.29, 0.717) is 59.6 Å². The van der Waals surface area contributed by atoms with E-state index in [4.69, 9.17) is 23.7 Å². The second kappa shape index (κ2) is 7.97. The van der Waals surface area contributed by atoms with Crippen LogP contribution in [0.1, 0.15) is 10.4 Å². The normalized spacial score (nSPS) is 14.2. The van der Waals surface area contributed by atoms with Crippen LogP contribution < -0.4 is 24.3 Å². The van der Waals surface area contributed by atoms with Crippen molar-refractivity contribution in [2.75, 3.05) is 38.4 Å². The summed E-state index contributed by atoms with van der Waals surface area (Å²) in [5, 5.41) is 2.67. The summed E-state index contributed by atoms with van der Waals surface area (Å²) in [6, 6.07) is 8.10. The largest absolute Gasteiger partial charge is 0.486 e. The minimum Gasteiger partial charge on any atom is -0.486 e. The second-order valence-electron chi connectivity index (χ2n) is 5.96. The zero-order valence-electron chi connectivity index (χ0n) is 14.7. The molecule has 2 aromatic rings. The molecule has 0 radical (unpaired) electrons. The summed E-state index contributed by atoms with van der Waals surface area (Å²) in [7, 11) is 0. The topological polar surface area (TPSA) is 92.3 Å². The number of nitrogens with one attached hydrogen (secondary N) is 1. The molecular formula is C19H16BrNO7. The number of fused-ring (bicyclic) bond motifs is 2. The quantitative estimate of drug-likeness (QED) is 0.717. The maximum absolute atomic E-state index is 12.2. The minimum absolute atomic E-state index is 0.276. The Bertz CT molecular complexity index is 931. The molecule has 2 heterocycles. The van der Waals surface area contributed by atoms with Gasteiger partial charge in [-0.2, -0.15) is 0 Å². The molecule has 0 saturated heterocycles. The lowest BCUT2D eigenvalue weighted by molar-refractivity contribution is -0.119. The summed E-state index contributed by atoms with van der Waals surface area (Å²) in [4.78, 5) is 24.4. The number of carbonyl (C=O) groups is 2. The Hall–Kier alpha value is -2.94. The van der Waals surface area contributed by atoms with Gasteiger partial charge in [0, 0.05) is 16.6 Å². The molecule has 0 aliphatic carbocycles. The molecule has 0 fully saturated rings. The molecule has 2 aromatic carbocycles. The first kappa shape index (κ1) is 18.4. The predicted molar refractivity (Wildman–Crippen MR) is 101 cm³/mol. The smallest absolute Gasteiger partial charge is 0.338 e. The van der Waals surface area contributed by atoms with Gasteiger partial charge in [-0.05, 0) is 34.1 Å². The number of hydrogen-bond acceptors (Lipinski definition) is 7. The fourth-order valence-corrected chi connectivity index (χ4v) is 3.15. The molecular weight excluding hydrogens is 434 g/mol. The summed E-state index contributed by atoms with van der Waals surface area (Å²) in [6.07, 6.45) is 0. The Labute approximate surface area is 168 Å². The molecule has 0 unspecified atom stereocenters. The number of esters is 1. The second-order valence-corrected chi connectivity index (χ2v) is 6.81. The Kier molecular flexibility index (Phi) is 5.25. The Balaban J connectivity index is 1.36. The van der Waals surface area contributed by atoms with Crippen LogP contribution in [-0.4, -0.2) is 44.9 Å². The Morgan fingerprint density at radius 1 is 0.893 bits per heavy atom. The van der Waals surface area contributed by atoms with E-state index in [1.54, 1.807) is 24.3 Å². The first-order valence-corrected chi connectivity index (χ1v) is 9.35. The Morgan fingerprint density at radius 3 is 2.21 bits per heavy atom. The van der Waals surface area contributed by atoms with Crippen LogP contribution in [0.4, 0.5) is 5.69 Å². The lowest BCUT2D eigenvalue weighted by Gasteiger charge is -2.20. The van der Waals surface area contributed by atoms with Gasteiger partial charge in [0.05, 0.1) is 11.3 Å². The minimum atomic E-state index is -0.631. The van der Waals surface area contributed by atoms with Gasteiger partial charge in [0.1, 0.15) is 26.4 Å². The van der Waals surface area contributed by atoms with Crippen molar-refractivity contribution in [3.63, 3.8) is 0 Å². The summed E-state index contributed by atoms with van der Waals surface area (Å²) in [5.41, 5.74) is 0.766. The van der Waals surface area contributed by atoms with Crippen LogP contribution in [0, 0.1) is 0 Å². The van der Waals surface area contributed by atoms with Gasteiger partial charge in [-0.3, -0.25) is 4.79 Å². The van der Waals surface area contributed by atoms with Crippen molar-refractivity contribution >= 4 is 33.5 Å². The van der Waals surface area contributed by atoms with E-state index in [1.807, 2.05) is 0 Å². The van der Waals surface area contributed by atoms with Gasteiger partial charge in [-0.15, -0.1) is 0 Å². The van der Waals surface area contributed by atoms with Crippen LogP contribution in [0.25, 0.3) is 0 Å². The van der Waals surface area contributed by atoms with Crippen LogP contribution in [0.3, 0.4) is 0 Å². The standard InChI is InChI=1S/C19H16BrNO7/c20-12-8-16-17(27-6-5-26-16)9-13(12)21-18(22)10-28-19(23)11-1-2-14-15(7-11)25-4-3-24-14/h1-2,7-9H,3-6,10H2,(H,21,22). The molecule has 2 aliphatic rings. The number of carbonyl (C=O) groups excluding carboxylic acids is 2. The van der Waals surface area contributed by atoms with Gasteiger partial charge in [-0.1, -0.05) is 0 Å². The number of rotatable bonds is 4. The van der Waals surface area contributed by atoms with Crippen molar-refractivity contribution in [3.8, 4) is 23.0 Å². The zero-order valence-corrected chi connectivity index (χ0v) is 16.2. The summed E-state index contributed by atoms with van der Waals surface area (Å²) in [5.74, 6) is 1.07. The molecule has 28 heavy (non-hydrogen) atoms. The van der Waals surface area contributed by atoms with Crippen molar-refractivity contribution in [3.05, 3.63) is 40.4 Å². The fourth-order valence-electron chi connectivity index (χ4n) is 2.73. The number of hydrogen-bond donors (Lipinski definition) is 1. The lowest BCUT2D eigenvalue weighted by Crippen LogP contribution is -2.22. The van der Waals surface area contributed by atoms with Crippen LogP contribution in [0.15, 0.2) is 34.8 Å². The highest BCUT2D eigenvalue weighted by atomic mass is 79.9. The summed E-state index contributed by atoms with van der Waals surface area (Å²) >= 11 is 3.37. The maximum atomic E-state index is 12.2. The first-order chi connectivity index (χ1) is 13.6. The average molecular weight is 450 g/mol. The van der Waals surface area contributed by atoms with E-state index >= 15 is 0 Å². The number of amides is 1. The number of benzene rings is 2. The third-order valence-electron chi connectivity index (χ3n) is 4.02. The molecule has 2 aliphatic heterocycles. The van der Waals surface area contributed by atoms with Gasteiger partial charge in [-0.25, -0.2) is 4.79 Å². The van der Waals surface area contributed by atoms with E-state index in [2.05, 4.69) is 21.2 Å². The predicted octanol–water partition coefficient (Wildman–Crippen LogP) is 2.79. The third kappa shape index (κ3) is 3.99. The van der Waals surface area contributed by atoms with E-state index in [9.17, 15) is 9.59 Å².